The van der Waals surface area contributed by atoms with Crippen LogP contribution in [0.3, 0.4) is 0 Å². The van der Waals surface area contributed by atoms with E-state index in [1.807, 2.05) is 31.2 Å². The molecule has 1 aliphatic carbocycles. The van der Waals surface area contributed by atoms with E-state index in [9.17, 15) is 4.79 Å². The first-order chi connectivity index (χ1) is 9.22. The molecule has 0 amide bonds. The first kappa shape index (κ1) is 14.1. The number of nitrogens with one attached hydrogen (secondary N) is 1. The third-order valence-electron chi connectivity index (χ3n) is 4.02. The Bertz CT molecular complexity index is 425. The molecule has 1 aromatic carbocycles. The van der Waals surface area contributed by atoms with E-state index in [1.165, 1.54) is 32.8 Å². The predicted octanol–water partition coefficient (Wildman–Crippen LogP) is 2.78. The van der Waals surface area contributed by atoms with Crippen molar-refractivity contribution in [3.63, 3.8) is 0 Å². The van der Waals surface area contributed by atoms with Gasteiger partial charge in [-0.3, -0.25) is 4.79 Å². The largest absolute Gasteiger partial charge is 0.469 e. The first-order valence-corrected chi connectivity index (χ1v) is 7.09. The third-order valence-corrected chi connectivity index (χ3v) is 4.02. The number of carbonyl (C=O) groups is 1. The molecule has 1 aliphatic rings. The van der Waals surface area contributed by atoms with Gasteiger partial charge in [-0.1, -0.05) is 37.1 Å². The molecule has 3 nitrogen and oxygen atoms in total. The summed E-state index contributed by atoms with van der Waals surface area (Å²) >= 11 is 0. The standard InChI is InChI=1S/C16H23NO2/c1-12-7-3-6-10-14(12)15(16(18)19-2)11-17-13-8-4-5-9-13/h3,6-7,10,13,15,17H,4-5,8-9,11H2,1-2H3. The summed E-state index contributed by atoms with van der Waals surface area (Å²) in [6.45, 7) is 2.71. The Morgan fingerprint density at radius 2 is 2.05 bits per heavy atom. The van der Waals surface area contributed by atoms with Crippen LogP contribution in [0.2, 0.25) is 0 Å². The van der Waals surface area contributed by atoms with Gasteiger partial charge in [0.2, 0.25) is 0 Å². The zero-order valence-electron chi connectivity index (χ0n) is 11.8. The van der Waals surface area contributed by atoms with Crippen molar-refractivity contribution in [1.29, 1.82) is 0 Å². The summed E-state index contributed by atoms with van der Waals surface area (Å²) in [4.78, 5) is 12.0. The summed E-state index contributed by atoms with van der Waals surface area (Å²) < 4.78 is 4.96. The number of benzene rings is 1. The van der Waals surface area contributed by atoms with E-state index < -0.39 is 0 Å². The zero-order valence-corrected chi connectivity index (χ0v) is 11.8. The van der Waals surface area contributed by atoms with E-state index in [-0.39, 0.29) is 11.9 Å². The summed E-state index contributed by atoms with van der Waals surface area (Å²) in [6, 6.07) is 8.61. The van der Waals surface area contributed by atoms with Gasteiger partial charge in [0.05, 0.1) is 13.0 Å². The maximum absolute atomic E-state index is 12.0. The molecule has 0 radical (unpaired) electrons. The fraction of sp³-hybridized carbons (Fsp3) is 0.562. The summed E-state index contributed by atoms with van der Waals surface area (Å²) in [5, 5.41) is 3.52. The van der Waals surface area contributed by atoms with E-state index in [2.05, 4.69) is 5.32 Å². The van der Waals surface area contributed by atoms with Crippen molar-refractivity contribution < 1.29 is 9.53 Å². The molecule has 1 atom stereocenters. The van der Waals surface area contributed by atoms with E-state index in [1.54, 1.807) is 0 Å². The second-order valence-electron chi connectivity index (χ2n) is 5.32. The quantitative estimate of drug-likeness (QED) is 0.828. The lowest BCUT2D eigenvalue weighted by atomic mass is 9.94. The van der Waals surface area contributed by atoms with Gasteiger partial charge >= 0.3 is 5.97 Å². The number of methoxy groups -OCH3 is 1. The van der Waals surface area contributed by atoms with Crippen LogP contribution in [0.1, 0.15) is 42.7 Å². The van der Waals surface area contributed by atoms with E-state index >= 15 is 0 Å². The SMILES string of the molecule is COC(=O)C(CNC1CCCC1)c1ccccc1C. The van der Waals surface area contributed by atoms with Crippen LogP contribution >= 0.6 is 0 Å². The van der Waals surface area contributed by atoms with E-state index in [4.69, 9.17) is 4.74 Å². The molecule has 1 aromatic rings. The van der Waals surface area contributed by atoms with Gasteiger partial charge in [0.15, 0.2) is 0 Å². The Morgan fingerprint density at radius 1 is 1.37 bits per heavy atom. The highest BCUT2D eigenvalue weighted by molar-refractivity contribution is 5.78. The molecule has 0 spiro atoms. The molecule has 19 heavy (non-hydrogen) atoms. The van der Waals surface area contributed by atoms with Gasteiger partial charge in [0, 0.05) is 12.6 Å². The number of esters is 1. The molecular formula is C16H23NO2. The number of ether oxygens (including phenoxy) is 1. The fourth-order valence-electron chi connectivity index (χ4n) is 2.85. The summed E-state index contributed by atoms with van der Waals surface area (Å²) in [5.74, 6) is -0.355. The molecule has 104 valence electrons. The van der Waals surface area contributed by atoms with Gasteiger partial charge in [0.25, 0.3) is 0 Å². The van der Waals surface area contributed by atoms with Gasteiger partial charge in [-0.2, -0.15) is 0 Å². The van der Waals surface area contributed by atoms with E-state index in [0.29, 0.717) is 12.6 Å². The molecule has 1 saturated carbocycles. The molecule has 0 aromatic heterocycles. The number of aryl methyl sites for hydroxylation is 1. The van der Waals surface area contributed by atoms with Crippen LogP contribution in [0.25, 0.3) is 0 Å². The second-order valence-corrected chi connectivity index (χ2v) is 5.32. The Balaban J connectivity index is 2.07. The van der Waals surface area contributed by atoms with Crippen LogP contribution in [0.4, 0.5) is 0 Å². The lowest BCUT2D eigenvalue weighted by Crippen LogP contribution is -2.34. The van der Waals surface area contributed by atoms with Crippen molar-refractivity contribution >= 4 is 5.97 Å². The Morgan fingerprint density at radius 3 is 2.68 bits per heavy atom. The smallest absolute Gasteiger partial charge is 0.314 e. The monoisotopic (exact) mass is 261 g/mol. The molecule has 0 saturated heterocycles. The minimum Gasteiger partial charge on any atom is -0.469 e. The Labute approximate surface area is 115 Å². The van der Waals surface area contributed by atoms with Gasteiger partial charge < -0.3 is 10.1 Å². The topological polar surface area (TPSA) is 38.3 Å². The molecule has 1 N–H and O–H groups in total. The van der Waals surface area contributed by atoms with Crippen molar-refractivity contribution in [2.45, 2.75) is 44.6 Å². The average molecular weight is 261 g/mol. The molecule has 3 heteroatoms. The summed E-state index contributed by atoms with van der Waals surface area (Å²) in [5.41, 5.74) is 2.21. The molecule has 0 heterocycles. The zero-order chi connectivity index (χ0) is 13.7. The van der Waals surface area contributed by atoms with Gasteiger partial charge in [0.1, 0.15) is 0 Å². The molecule has 1 unspecified atom stereocenters. The van der Waals surface area contributed by atoms with Crippen LogP contribution in [0, 0.1) is 6.92 Å². The average Bonchev–Trinajstić information content (AvgIpc) is 2.93. The summed E-state index contributed by atoms with van der Waals surface area (Å²) in [7, 11) is 1.46. The number of hydrogen-bond acceptors (Lipinski definition) is 3. The van der Waals surface area contributed by atoms with Crippen molar-refractivity contribution in [2.24, 2.45) is 0 Å². The number of carbonyl (C=O) groups excluding carboxylic acids is 1. The lowest BCUT2D eigenvalue weighted by molar-refractivity contribution is -0.142. The van der Waals surface area contributed by atoms with Crippen molar-refractivity contribution in [3.05, 3.63) is 35.4 Å². The van der Waals surface area contributed by atoms with Crippen LogP contribution < -0.4 is 5.32 Å². The molecule has 0 aliphatic heterocycles. The van der Waals surface area contributed by atoms with Crippen LogP contribution in [-0.2, 0) is 9.53 Å². The fourth-order valence-corrected chi connectivity index (χ4v) is 2.85. The van der Waals surface area contributed by atoms with E-state index in [0.717, 1.165) is 11.1 Å². The third kappa shape index (κ3) is 3.57. The van der Waals surface area contributed by atoms with Crippen LogP contribution in [0.15, 0.2) is 24.3 Å². The minimum atomic E-state index is -0.202. The Kier molecular flexibility index (Phi) is 4.97. The molecule has 0 bridgehead atoms. The van der Waals surface area contributed by atoms with Crippen molar-refractivity contribution in [1.82, 2.24) is 5.32 Å². The molecule has 1 fully saturated rings. The highest BCUT2D eigenvalue weighted by Crippen LogP contribution is 2.23. The Hall–Kier alpha value is -1.35. The second kappa shape index (κ2) is 6.71. The van der Waals surface area contributed by atoms with Crippen LogP contribution in [0.5, 0.6) is 0 Å². The molecular weight excluding hydrogens is 238 g/mol. The normalized spacial score (nSPS) is 17.4. The predicted molar refractivity (Wildman–Crippen MR) is 76.2 cm³/mol. The summed E-state index contributed by atoms with van der Waals surface area (Å²) in [6.07, 6.45) is 5.04. The maximum Gasteiger partial charge on any atom is 0.314 e. The van der Waals surface area contributed by atoms with Crippen LogP contribution in [-0.4, -0.2) is 25.7 Å². The highest BCUT2D eigenvalue weighted by Gasteiger charge is 2.24. The minimum absolute atomic E-state index is 0.153. The highest BCUT2D eigenvalue weighted by atomic mass is 16.5. The van der Waals surface area contributed by atoms with Crippen molar-refractivity contribution in [3.8, 4) is 0 Å². The number of hydrogen-bond donors (Lipinski definition) is 1. The maximum atomic E-state index is 12.0. The lowest BCUT2D eigenvalue weighted by Gasteiger charge is -2.20. The first-order valence-electron chi connectivity index (χ1n) is 7.09. The molecule has 2 rings (SSSR count). The van der Waals surface area contributed by atoms with Gasteiger partial charge in [-0.05, 0) is 30.9 Å². The van der Waals surface area contributed by atoms with Gasteiger partial charge in [-0.25, -0.2) is 0 Å². The van der Waals surface area contributed by atoms with Gasteiger partial charge in [-0.15, -0.1) is 0 Å². The van der Waals surface area contributed by atoms with Crippen molar-refractivity contribution in [2.75, 3.05) is 13.7 Å². The number of rotatable bonds is 5.